The van der Waals surface area contributed by atoms with Crippen LogP contribution in [0.1, 0.15) is 38.8 Å². The maximum Gasteiger partial charge on any atom is 0.122 e. The highest BCUT2D eigenvalue weighted by atomic mass is 16.6. The van der Waals surface area contributed by atoms with Gasteiger partial charge >= 0.3 is 0 Å². The van der Waals surface area contributed by atoms with Gasteiger partial charge in [-0.25, -0.2) is 0 Å². The molecule has 0 spiro atoms. The predicted molar refractivity (Wildman–Crippen MR) is 116 cm³/mol. The van der Waals surface area contributed by atoms with E-state index in [2.05, 4.69) is 0 Å². The minimum absolute atomic E-state index is 0.338. The van der Waals surface area contributed by atoms with Crippen LogP contribution >= 0.6 is 0 Å². The molecule has 28 heavy (non-hydrogen) atoms. The van der Waals surface area contributed by atoms with Gasteiger partial charge < -0.3 is 18.9 Å². The van der Waals surface area contributed by atoms with E-state index >= 15 is 0 Å². The molecular weight excluding hydrogens is 352 g/mol. The third kappa shape index (κ3) is 9.77. The number of aryl methyl sites for hydroxylation is 2. The average Bonchev–Trinajstić information content (AvgIpc) is 3.66. The molecule has 2 aliphatic heterocycles. The topological polar surface area (TPSA) is 43.5 Å². The summed E-state index contributed by atoms with van der Waals surface area (Å²) in [6.45, 7) is 15.2. The van der Waals surface area contributed by atoms with Crippen LogP contribution in [0.25, 0.3) is 0 Å². The van der Waals surface area contributed by atoms with Crippen molar-refractivity contribution in [3.05, 3.63) is 59.7 Å². The molecule has 0 bridgehead atoms. The molecule has 2 fully saturated rings. The summed E-state index contributed by atoms with van der Waals surface area (Å²) in [5, 5.41) is 0. The second kappa shape index (κ2) is 14.0. The summed E-state index contributed by atoms with van der Waals surface area (Å²) in [4.78, 5) is 0. The zero-order valence-corrected chi connectivity index (χ0v) is 18.2. The lowest BCUT2D eigenvalue weighted by molar-refractivity contribution is 0.262. The number of hydrogen-bond acceptors (Lipinski definition) is 4. The van der Waals surface area contributed by atoms with Crippen LogP contribution in [0.2, 0.25) is 0 Å². The lowest BCUT2D eigenvalue weighted by atomic mass is 10.2. The lowest BCUT2D eigenvalue weighted by Gasteiger charge is -2.06. The molecule has 0 radical (unpaired) electrons. The summed E-state index contributed by atoms with van der Waals surface area (Å²) < 4.78 is 21.2. The Morgan fingerprint density at radius 1 is 0.679 bits per heavy atom. The molecule has 0 saturated carbocycles. The Morgan fingerprint density at radius 2 is 1.00 bits per heavy atom. The van der Waals surface area contributed by atoms with Crippen LogP contribution in [0, 0.1) is 13.8 Å². The average molecular weight is 389 g/mol. The number of ether oxygens (including phenoxy) is 4. The van der Waals surface area contributed by atoms with Gasteiger partial charge in [0.25, 0.3) is 0 Å². The molecule has 2 aliphatic rings. The van der Waals surface area contributed by atoms with Crippen molar-refractivity contribution in [2.75, 3.05) is 26.4 Å². The van der Waals surface area contributed by atoms with Crippen molar-refractivity contribution in [3.8, 4) is 11.5 Å². The van der Waals surface area contributed by atoms with Crippen molar-refractivity contribution in [3.63, 3.8) is 0 Å². The van der Waals surface area contributed by atoms with E-state index in [4.69, 9.17) is 18.9 Å². The molecule has 4 rings (SSSR count). The second-order valence-corrected chi connectivity index (χ2v) is 6.06. The first-order valence-corrected chi connectivity index (χ1v) is 10.3. The highest BCUT2D eigenvalue weighted by molar-refractivity contribution is 5.32. The zero-order valence-electron chi connectivity index (χ0n) is 18.2. The maximum absolute atomic E-state index is 5.54. The van der Waals surface area contributed by atoms with E-state index < -0.39 is 0 Å². The SMILES string of the molecule is CC.CC.Cc1ccccc1OCC1CO1.Cc1ccccc1OCC1CO1. The van der Waals surface area contributed by atoms with E-state index in [0.29, 0.717) is 25.4 Å². The molecule has 2 aromatic carbocycles. The largest absolute Gasteiger partial charge is 0.491 e. The number of para-hydroxylation sites is 2. The quantitative estimate of drug-likeness (QED) is 0.604. The van der Waals surface area contributed by atoms with Crippen LogP contribution in [-0.4, -0.2) is 38.6 Å². The van der Waals surface area contributed by atoms with E-state index in [1.807, 2.05) is 90.1 Å². The van der Waals surface area contributed by atoms with Crippen molar-refractivity contribution >= 4 is 0 Å². The maximum atomic E-state index is 5.54. The third-order valence-electron chi connectivity index (χ3n) is 3.84. The van der Waals surface area contributed by atoms with Crippen molar-refractivity contribution < 1.29 is 18.9 Å². The van der Waals surface area contributed by atoms with Crippen molar-refractivity contribution in [1.29, 1.82) is 0 Å². The molecule has 0 aliphatic carbocycles. The zero-order chi connectivity index (χ0) is 20.8. The Labute approximate surface area is 170 Å². The van der Waals surface area contributed by atoms with Gasteiger partial charge in [0.05, 0.1) is 13.2 Å². The van der Waals surface area contributed by atoms with E-state index in [-0.39, 0.29) is 0 Å². The normalized spacial score (nSPS) is 18.1. The number of rotatable bonds is 6. The highest BCUT2D eigenvalue weighted by Crippen LogP contribution is 2.19. The predicted octanol–water partition coefficient (Wildman–Crippen LogP) is 5.60. The van der Waals surface area contributed by atoms with Gasteiger partial charge in [-0.15, -0.1) is 0 Å². The molecule has 0 aromatic heterocycles. The number of benzene rings is 2. The monoisotopic (exact) mass is 388 g/mol. The van der Waals surface area contributed by atoms with Crippen LogP contribution in [0.4, 0.5) is 0 Å². The first-order valence-electron chi connectivity index (χ1n) is 10.3. The molecule has 2 unspecified atom stereocenters. The molecule has 2 atom stereocenters. The van der Waals surface area contributed by atoms with Gasteiger partial charge in [0.2, 0.25) is 0 Å². The van der Waals surface area contributed by atoms with Crippen LogP contribution in [0.3, 0.4) is 0 Å². The first kappa shape index (κ1) is 24.0. The van der Waals surface area contributed by atoms with Gasteiger partial charge in [-0.2, -0.15) is 0 Å². The summed E-state index contributed by atoms with van der Waals surface area (Å²) in [5.74, 6) is 1.93. The molecule has 2 saturated heterocycles. The third-order valence-corrected chi connectivity index (χ3v) is 3.84. The molecule has 2 aromatic rings. The molecule has 0 N–H and O–H groups in total. The molecule has 0 amide bonds. The molecule has 4 heteroatoms. The Kier molecular flexibility index (Phi) is 12.0. The van der Waals surface area contributed by atoms with Gasteiger partial charge in [0, 0.05) is 0 Å². The summed E-state index contributed by atoms with van der Waals surface area (Å²) in [6.07, 6.45) is 0.675. The Bertz CT molecular complexity index is 591. The minimum atomic E-state index is 0.338. The summed E-state index contributed by atoms with van der Waals surface area (Å²) in [5.41, 5.74) is 2.36. The van der Waals surface area contributed by atoms with Gasteiger partial charge in [-0.05, 0) is 37.1 Å². The van der Waals surface area contributed by atoms with Crippen molar-refractivity contribution in [2.24, 2.45) is 0 Å². The van der Waals surface area contributed by atoms with E-state index in [1.165, 1.54) is 11.1 Å². The van der Waals surface area contributed by atoms with Crippen LogP contribution in [-0.2, 0) is 9.47 Å². The molecule has 156 valence electrons. The Balaban J connectivity index is 0.000000238. The molecule has 4 nitrogen and oxygen atoms in total. The van der Waals surface area contributed by atoms with Gasteiger partial charge in [0.1, 0.15) is 36.9 Å². The van der Waals surface area contributed by atoms with Gasteiger partial charge in [0.15, 0.2) is 0 Å². The molecular formula is C24H36O4. The lowest BCUT2D eigenvalue weighted by Crippen LogP contribution is -2.04. The fourth-order valence-corrected chi connectivity index (χ4v) is 2.13. The van der Waals surface area contributed by atoms with Crippen LogP contribution < -0.4 is 9.47 Å². The Hall–Kier alpha value is -2.04. The summed E-state index contributed by atoms with van der Waals surface area (Å²) in [7, 11) is 0. The fraction of sp³-hybridized carbons (Fsp3) is 0.500. The summed E-state index contributed by atoms with van der Waals surface area (Å²) >= 11 is 0. The molecule has 2 heterocycles. The summed E-state index contributed by atoms with van der Waals surface area (Å²) in [6, 6.07) is 16.0. The second-order valence-electron chi connectivity index (χ2n) is 6.06. The van der Waals surface area contributed by atoms with E-state index in [9.17, 15) is 0 Å². The minimum Gasteiger partial charge on any atom is -0.491 e. The first-order chi connectivity index (χ1) is 13.7. The fourth-order valence-electron chi connectivity index (χ4n) is 2.13. The van der Waals surface area contributed by atoms with Gasteiger partial charge in [-0.3, -0.25) is 0 Å². The van der Waals surface area contributed by atoms with Crippen LogP contribution in [0.5, 0.6) is 11.5 Å². The highest BCUT2D eigenvalue weighted by Gasteiger charge is 2.23. The standard InChI is InChI=1S/2C10H12O2.2C2H6/c2*1-8-4-2-3-5-10(8)12-7-9-6-11-9;2*1-2/h2*2-5,9H,6-7H2,1H3;2*1-2H3. The van der Waals surface area contributed by atoms with Crippen LogP contribution in [0.15, 0.2) is 48.5 Å². The number of epoxide rings is 2. The van der Waals surface area contributed by atoms with E-state index in [0.717, 1.165) is 24.7 Å². The van der Waals surface area contributed by atoms with Gasteiger partial charge in [-0.1, -0.05) is 64.1 Å². The smallest absolute Gasteiger partial charge is 0.122 e. The number of hydrogen-bond donors (Lipinski definition) is 0. The van der Waals surface area contributed by atoms with E-state index in [1.54, 1.807) is 0 Å². The Morgan fingerprint density at radius 3 is 1.29 bits per heavy atom. The van der Waals surface area contributed by atoms with Crippen molar-refractivity contribution in [2.45, 2.75) is 53.8 Å². The van der Waals surface area contributed by atoms with Crippen molar-refractivity contribution in [1.82, 2.24) is 0 Å².